The summed E-state index contributed by atoms with van der Waals surface area (Å²) in [6.45, 7) is 4.71. The fraction of sp³-hybridized carbons (Fsp3) is 0.462. The van der Waals surface area contributed by atoms with Gasteiger partial charge in [-0.15, -0.1) is 0 Å². The van der Waals surface area contributed by atoms with Gasteiger partial charge in [-0.2, -0.15) is 0 Å². The van der Waals surface area contributed by atoms with Crippen LogP contribution in [0.4, 0.5) is 4.79 Å². The van der Waals surface area contributed by atoms with Crippen LogP contribution in [-0.2, 0) is 4.74 Å². The highest BCUT2D eigenvalue weighted by atomic mass is 79.9. The molecule has 2 heterocycles. The fourth-order valence-electron chi connectivity index (χ4n) is 2.34. The maximum Gasteiger partial charge on any atom is 0.407 e. The Kier molecular flexibility index (Phi) is 2.85. The summed E-state index contributed by atoms with van der Waals surface area (Å²) in [7, 11) is 0. The molecule has 1 aromatic rings. The smallest absolute Gasteiger partial charge is 0.407 e. The van der Waals surface area contributed by atoms with Crippen molar-refractivity contribution in [2.24, 2.45) is 5.41 Å². The Morgan fingerprint density at radius 2 is 1.95 bits per heavy atom. The predicted octanol–water partition coefficient (Wildman–Crippen LogP) is 2.98. The van der Waals surface area contributed by atoms with Gasteiger partial charge in [0, 0.05) is 9.89 Å². The highest BCUT2D eigenvalue weighted by Gasteiger charge is 2.39. The molecule has 0 aromatic heterocycles. The number of benzene rings is 1. The zero-order chi connectivity index (χ0) is 13.6. The molecule has 0 saturated carbocycles. The van der Waals surface area contributed by atoms with E-state index in [2.05, 4.69) is 21.2 Å². The number of rotatable bonds is 1. The number of halogens is 1. The van der Waals surface area contributed by atoms with Crippen LogP contribution in [0.15, 0.2) is 16.6 Å². The maximum absolute atomic E-state index is 11.5. The number of nitrogens with one attached hydrogen (secondary N) is 1. The second kappa shape index (κ2) is 4.30. The van der Waals surface area contributed by atoms with Crippen molar-refractivity contribution in [1.29, 1.82) is 0 Å². The third-order valence-corrected chi connectivity index (χ3v) is 4.11. The first kappa shape index (κ1) is 12.6. The van der Waals surface area contributed by atoms with E-state index in [4.69, 9.17) is 14.2 Å². The standard InChI is InChI=1S/C13H14BrNO4/c1-13(2)5-17-12(16)15-11(13)7-3-9-10(4-8(7)14)19-6-18-9/h3-4,11H,5-6H2,1-2H3,(H,15,16)/t11-/m0/s1. The highest BCUT2D eigenvalue weighted by Crippen LogP contribution is 2.44. The zero-order valence-electron chi connectivity index (χ0n) is 10.7. The number of amides is 1. The van der Waals surface area contributed by atoms with Gasteiger partial charge in [0.1, 0.15) is 6.61 Å². The average molecular weight is 328 g/mol. The van der Waals surface area contributed by atoms with Gasteiger partial charge in [0.25, 0.3) is 0 Å². The third kappa shape index (κ3) is 2.14. The molecule has 1 atom stereocenters. The first-order chi connectivity index (χ1) is 8.97. The summed E-state index contributed by atoms with van der Waals surface area (Å²) in [6.07, 6.45) is -0.395. The molecule has 1 fully saturated rings. The Labute approximate surface area is 119 Å². The summed E-state index contributed by atoms with van der Waals surface area (Å²) in [4.78, 5) is 11.5. The number of cyclic esters (lactones) is 1. The van der Waals surface area contributed by atoms with Crippen LogP contribution < -0.4 is 14.8 Å². The molecular formula is C13H14BrNO4. The molecule has 1 saturated heterocycles. The summed E-state index contributed by atoms with van der Waals surface area (Å²) in [5.41, 5.74) is 0.760. The average Bonchev–Trinajstić information content (AvgIpc) is 2.78. The molecule has 0 unspecified atom stereocenters. The summed E-state index contributed by atoms with van der Waals surface area (Å²) < 4.78 is 16.7. The van der Waals surface area contributed by atoms with Gasteiger partial charge in [0.05, 0.1) is 6.04 Å². The van der Waals surface area contributed by atoms with Crippen molar-refractivity contribution in [1.82, 2.24) is 5.32 Å². The van der Waals surface area contributed by atoms with Gasteiger partial charge in [-0.05, 0) is 17.7 Å². The summed E-state index contributed by atoms with van der Waals surface area (Å²) in [5.74, 6) is 1.42. The van der Waals surface area contributed by atoms with Crippen molar-refractivity contribution >= 4 is 22.0 Å². The summed E-state index contributed by atoms with van der Waals surface area (Å²) >= 11 is 3.53. The second-order valence-corrected chi connectivity index (χ2v) is 6.22. The number of alkyl carbamates (subject to hydrolysis) is 1. The minimum Gasteiger partial charge on any atom is -0.454 e. The SMILES string of the molecule is CC1(C)COC(=O)N[C@H]1c1cc2c(cc1Br)OCO2. The Morgan fingerprint density at radius 1 is 1.26 bits per heavy atom. The Morgan fingerprint density at radius 3 is 2.68 bits per heavy atom. The number of fused-ring (bicyclic) bond motifs is 1. The van der Waals surface area contributed by atoms with E-state index in [-0.39, 0.29) is 18.2 Å². The monoisotopic (exact) mass is 327 g/mol. The van der Waals surface area contributed by atoms with E-state index in [1.807, 2.05) is 26.0 Å². The quantitative estimate of drug-likeness (QED) is 0.861. The van der Waals surface area contributed by atoms with Gasteiger partial charge in [-0.3, -0.25) is 0 Å². The molecule has 3 rings (SSSR count). The van der Waals surface area contributed by atoms with Crippen LogP contribution in [0.1, 0.15) is 25.5 Å². The van der Waals surface area contributed by atoms with Crippen molar-refractivity contribution in [2.45, 2.75) is 19.9 Å². The highest BCUT2D eigenvalue weighted by molar-refractivity contribution is 9.10. The van der Waals surface area contributed by atoms with Crippen LogP contribution in [0.5, 0.6) is 11.5 Å². The van der Waals surface area contributed by atoms with Gasteiger partial charge >= 0.3 is 6.09 Å². The van der Waals surface area contributed by atoms with E-state index in [0.29, 0.717) is 18.1 Å². The van der Waals surface area contributed by atoms with Crippen LogP contribution in [0, 0.1) is 5.41 Å². The molecule has 1 N–H and O–H groups in total. The van der Waals surface area contributed by atoms with Gasteiger partial charge in [0.2, 0.25) is 6.79 Å². The lowest BCUT2D eigenvalue weighted by Gasteiger charge is -2.39. The van der Waals surface area contributed by atoms with Gasteiger partial charge in [-0.1, -0.05) is 29.8 Å². The van der Waals surface area contributed by atoms with E-state index in [0.717, 1.165) is 10.0 Å². The number of carbonyl (C=O) groups is 1. The topological polar surface area (TPSA) is 56.8 Å². The minimum atomic E-state index is -0.395. The van der Waals surface area contributed by atoms with Crippen LogP contribution >= 0.6 is 15.9 Å². The van der Waals surface area contributed by atoms with Crippen molar-refractivity contribution in [3.8, 4) is 11.5 Å². The number of ether oxygens (including phenoxy) is 3. The van der Waals surface area contributed by atoms with Crippen molar-refractivity contribution in [3.05, 3.63) is 22.2 Å². The molecule has 6 heteroatoms. The lowest BCUT2D eigenvalue weighted by molar-refractivity contribution is 0.0385. The molecule has 1 aromatic carbocycles. The van der Waals surface area contributed by atoms with Crippen molar-refractivity contribution in [3.63, 3.8) is 0 Å². The number of hydrogen-bond donors (Lipinski definition) is 1. The van der Waals surface area contributed by atoms with Crippen molar-refractivity contribution in [2.75, 3.05) is 13.4 Å². The van der Waals surface area contributed by atoms with E-state index in [9.17, 15) is 4.79 Å². The van der Waals surface area contributed by atoms with Gasteiger partial charge in [-0.25, -0.2) is 4.79 Å². The molecule has 0 radical (unpaired) electrons. The molecule has 19 heavy (non-hydrogen) atoms. The van der Waals surface area contributed by atoms with Crippen molar-refractivity contribution < 1.29 is 19.0 Å². The van der Waals surface area contributed by atoms with E-state index in [1.165, 1.54) is 0 Å². The Bertz CT molecular complexity index is 544. The lowest BCUT2D eigenvalue weighted by Crippen LogP contribution is -2.47. The second-order valence-electron chi connectivity index (χ2n) is 5.37. The molecule has 2 aliphatic rings. The number of carbonyl (C=O) groups excluding carboxylic acids is 1. The fourth-order valence-corrected chi connectivity index (χ4v) is 2.89. The van der Waals surface area contributed by atoms with Crippen LogP contribution in [0.2, 0.25) is 0 Å². The number of hydrogen-bond acceptors (Lipinski definition) is 4. The summed E-state index contributed by atoms with van der Waals surface area (Å²) in [6, 6.07) is 3.64. The molecule has 0 aliphatic carbocycles. The minimum absolute atomic E-state index is 0.141. The van der Waals surface area contributed by atoms with Gasteiger partial charge in [0.15, 0.2) is 11.5 Å². The molecule has 0 spiro atoms. The summed E-state index contributed by atoms with van der Waals surface area (Å²) in [5, 5.41) is 2.87. The first-order valence-corrected chi connectivity index (χ1v) is 6.79. The molecule has 102 valence electrons. The molecular weight excluding hydrogens is 314 g/mol. The molecule has 1 amide bonds. The van der Waals surface area contributed by atoms with Gasteiger partial charge < -0.3 is 19.5 Å². The van der Waals surface area contributed by atoms with Crippen LogP contribution in [-0.4, -0.2) is 19.5 Å². The molecule has 0 bridgehead atoms. The first-order valence-electron chi connectivity index (χ1n) is 6.00. The predicted molar refractivity (Wildman–Crippen MR) is 71.3 cm³/mol. The van der Waals surface area contributed by atoms with E-state index < -0.39 is 6.09 Å². The van der Waals surface area contributed by atoms with Crippen LogP contribution in [0.3, 0.4) is 0 Å². The Balaban J connectivity index is 2.03. The largest absolute Gasteiger partial charge is 0.454 e. The molecule has 5 nitrogen and oxygen atoms in total. The lowest BCUT2D eigenvalue weighted by atomic mass is 9.80. The van der Waals surface area contributed by atoms with E-state index in [1.54, 1.807) is 0 Å². The molecule has 2 aliphatic heterocycles. The van der Waals surface area contributed by atoms with Crippen LogP contribution in [0.25, 0.3) is 0 Å². The maximum atomic E-state index is 11.5. The Hall–Kier alpha value is -1.43. The third-order valence-electron chi connectivity index (χ3n) is 3.42. The zero-order valence-corrected chi connectivity index (χ0v) is 12.2. The normalized spacial score (nSPS) is 23.7. The van der Waals surface area contributed by atoms with E-state index >= 15 is 0 Å².